The molecule has 2 aromatic rings. The summed E-state index contributed by atoms with van der Waals surface area (Å²) in [6.07, 6.45) is 0.00623. The number of imide groups is 1. The van der Waals surface area contributed by atoms with E-state index in [1.165, 1.54) is 0 Å². The molecule has 0 spiro atoms. The van der Waals surface area contributed by atoms with Crippen LogP contribution in [0.1, 0.15) is 22.8 Å². The zero-order valence-corrected chi connectivity index (χ0v) is 12.4. The van der Waals surface area contributed by atoms with Crippen molar-refractivity contribution in [3.05, 3.63) is 59.7 Å². The lowest BCUT2D eigenvalue weighted by Gasteiger charge is -2.22. The van der Waals surface area contributed by atoms with Crippen molar-refractivity contribution < 1.29 is 14.1 Å². The fourth-order valence-corrected chi connectivity index (χ4v) is 5.07. The van der Waals surface area contributed by atoms with Gasteiger partial charge in [0.1, 0.15) is 0 Å². The van der Waals surface area contributed by atoms with E-state index in [1.54, 1.807) is 0 Å². The molecule has 2 amide bonds. The molecular formula is C17H13NO3S. The number of fused-ring (bicyclic) bond motifs is 3. The van der Waals surface area contributed by atoms with Gasteiger partial charge in [0.15, 0.2) is 5.25 Å². The quantitative estimate of drug-likeness (QED) is 0.680. The van der Waals surface area contributed by atoms with Crippen molar-refractivity contribution in [1.82, 2.24) is 5.32 Å². The minimum atomic E-state index is -1.48. The highest BCUT2D eigenvalue weighted by Gasteiger charge is 2.47. The highest BCUT2D eigenvalue weighted by atomic mass is 32.2. The molecule has 22 heavy (non-hydrogen) atoms. The van der Waals surface area contributed by atoms with Crippen molar-refractivity contribution in [3.63, 3.8) is 0 Å². The van der Waals surface area contributed by atoms with Crippen LogP contribution in [0.5, 0.6) is 0 Å². The van der Waals surface area contributed by atoms with Crippen molar-refractivity contribution in [2.45, 2.75) is 16.9 Å². The van der Waals surface area contributed by atoms with E-state index in [2.05, 4.69) is 5.32 Å². The molecular weight excluding hydrogens is 298 g/mol. The lowest BCUT2D eigenvalue weighted by Crippen LogP contribution is -2.33. The van der Waals surface area contributed by atoms with Gasteiger partial charge >= 0.3 is 0 Å². The van der Waals surface area contributed by atoms with E-state index in [0.29, 0.717) is 0 Å². The third-order valence-corrected chi connectivity index (χ3v) is 6.13. The molecule has 2 unspecified atom stereocenters. The molecule has 0 bridgehead atoms. The normalized spacial score (nSPS) is 21.4. The van der Waals surface area contributed by atoms with Crippen LogP contribution in [0.3, 0.4) is 0 Å². The van der Waals surface area contributed by atoms with Crippen LogP contribution in [0.2, 0.25) is 0 Å². The number of benzene rings is 2. The summed E-state index contributed by atoms with van der Waals surface area (Å²) in [4.78, 5) is 23.3. The van der Waals surface area contributed by atoms with E-state index in [-0.39, 0.29) is 17.6 Å². The minimum absolute atomic E-state index is 0.00623. The number of nitrogens with one attached hydrogen (secondary N) is 1. The summed E-state index contributed by atoms with van der Waals surface area (Å²) >= 11 is -1.48. The fourth-order valence-electron chi connectivity index (χ4n) is 3.24. The predicted octanol–water partition coefficient (Wildman–Crippen LogP) is 1.92. The summed E-state index contributed by atoms with van der Waals surface area (Å²) in [5, 5.41) is 1.13. The Morgan fingerprint density at radius 2 is 1.50 bits per heavy atom. The van der Waals surface area contributed by atoms with E-state index in [1.807, 2.05) is 48.5 Å². The second-order valence-corrected chi connectivity index (χ2v) is 7.19. The van der Waals surface area contributed by atoms with Crippen LogP contribution in [0.15, 0.2) is 48.5 Å². The Hall–Kier alpha value is -2.11. The lowest BCUT2D eigenvalue weighted by molar-refractivity contribution is -0.124. The third kappa shape index (κ3) is 1.90. The summed E-state index contributed by atoms with van der Waals surface area (Å²) in [5.74, 6) is -0.770. The van der Waals surface area contributed by atoms with E-state index in [9.17, 15) is 14.1 Å². The van der Waals surface area contributed by atoms with Crippen molar-refractivity contribution in [3.8, 4) is 11.1 Å². The van der Waals surface area contributed by atoms with Crippen LogP contribution < -0.4 is 5.32 Å². The Morgan fingerprint density at radius 3 is 2.00 bits per heavy atom. The topological polar surface area (TPSA) is 69.2 Å². The highest BCUT2D eigenvalue weighted by molar-refractivity contribution is 7.93. The summed E-state index contributed by atoms with van der Waals surface area (Å²) in [5.41, 5.74) is 4.05. The maximum absolute atomic E-state index is 13.0. The first-order chi connectivity index (χ1) is 10.7. The first kappa shape index (κ1) is 13.5. The van der Waals surface area contributed by atoms with E-state index < -0.39 is 22.3 Å². The molecule has 0 aromatic heterocycles. The Bertz CT molecular complexity index is 743. The number of hydrogen-bond acceptors (Lipinski definition) is 3. The van der Waals surface area contributed by atoms with Gasteiger partial charge in [-0.25, -0.2) is 0 Å². The number of rotatable bonds is 2. The fraction of sp³-hybridized carbons (Fsp3) is 0.176. The van der Waals surface area contributed by atoms with Gasteiger partial charge in [0.2, 0.25) is 11.2 Å². The zero-order chi connectivity index (χ0) is 15.3. The molecule has 4 nitrogen and oxygen atoms in total. The van der Waals surface area contributed by atoms with Gasteiger partial charge in [0, 0.05) is 11.1 Å². The Balaban J connectivity index is 1.81. The second kappa shape index (κ2) is 4.97. The monoisotopic (exact) mass is 311 g/mol. The standard InChI is InChI=1S/C17H13NO3S/c19-15-9-14(17(20)18-15)22(21)16-12-7-3-1-5-10(12)11-6-2-4-8-13(11)16/h1-8,14,16H,9H2,(H,18,19,20). The van der Waals surface area contributed by atoms with E-state index in [4.69, 9.17) is 0 Å². The molecule has 1 fully saturated rings. The average molecular weight is 311 g/mol. The Labute approximate surface area is 130 Å². The van der Waals surface area contributed by atoms with Crippen molar-refractivity contribution in [2.75, 3.05) is 0 Å². The average Bonchev–Trinajstić information content (AvgIpc) is 3.04. The molecule has 2 atom stereocenters. The molecule has 2 aliphatic rings. The maximum atomic E-state index is 13.0. The van der Waals surface area contributed by atoms with Crippen molar-refractivity contribution in [2.24, 2.45) is 0 Å². The summed E-state index contributed by atoms with van der Waals surface area (Å²) < 4.78 is 13.0. The van der Waals surface area contributed by atoms with Gasteiger partial charge < -0.3 is 4.55 Å². The van der Waals surface area contributed by atoms with Crippen LogP contribution in [0, 0.1) is 0 Å². The van der Waals surface area contributed by atoms with Gasteiger partial charge in [-0.2, -0.15) is 0 Å². The number of carbonyl (C=O) groups is 2. The molecule has 5 heteroatoms. The smallest absolute Gasteiger partial charge is 0.280 e. The molecule has 1 heterocycles. The molecule has 0 radical (unpaired) electrons. The number of amides is 2. The van der Waals surface area contributed by atoms with Gasteiger partial charge in [-0.05, 0) is 22.3 Å². The van der Waals surface area contributed by atoms with Crippen molar-refractivity contribution >= 4 is 23.0 Å². The van der Waals surface area contributed by atoms with Gasteiger partial charge in [-0.15, -0.1) is 0 Å². The molecule has 1 saturated heterocycles. The molecule has 1 aliphatic carbocycles. The first-order valence-electron chi connectivity index (χ1n) is 7.08. The van der Waals surface area contributed by atoms with Gasteiger partial charge in [-0.1, -0.05) is 48.5 Å². The lowest BCUT2D eigenvalue weighted by atomic mass is 10.1. The number of hydrogen-bond donors (Lipinski definition) is 1. The van der Waals surface area contributed by atoms with Crippen LogP contribution in [0.4, 0.5) is 0 Å². The summed E-state index contributed by atoms with van der Waals surface area (Å²) in [6, 6.07) is 15.6. The van der Waals surface area contributed by atoms with E-state index in [0.717, 1.165) is 22.3 Å². The zero-order valence-electron chi connectivity index (χ0n) is 11.6. The van der Waals surface area contributed by atoms with E-state index >= 15 is 0 Å². The first-order valence-corrected chi connectivity index (χ1v) is 8.35. The molecule has 0 saturated carbocycles. The Kier molecular flexibility index (Phi) is 3.06. The molecule has 2 aromatic carbocycles. The van der Waals surface area contributed by atoms with Gasteiger partial charge in [-0.3, -0.25) is 14.9 Å². The Morgan fingerprint density at radius 1 is 0.955 bits per heavy atom. The molecule has 4 rings (SSSR count). The van der Waals surface area contributed by atoms with Gasteiger partial charge in [0.25, 0.3) is 5.91 Å². The third-order valence-electron chi connectivity index (χ3n) is 4.22. The molecule has 110 valence electrons. The van der Waals surface area contributed by atoms with Gasteiger partial charge in [0.05, 0.1) is 6.42 Å². The summed E-state index contributed by atoms with van der Waals surface area (Å²) in [7, 11) is 0. The number of carbonyl (C=O) groups excluding carboxylic acids is 2. The maximum Gasteiger partial charge on any atom is 0.280 e. The van der Waals surface area contributed by atoms with Crippen LogP contribution in [0.25, 0.3) is 11.1 Å². The second-order valence-electron chi connectivity index (χ2n) is 5.49. The minimum Gasteiger partial charge on any atom is -0.615 e. The predicted molar refractivity (Wildman–Crippen MR) is 83.4 cm³/mol. The largest absolute Gasteiger partial charge is 0.615 e. The van der Waals surface area contributed by atoms with Crippen molar-refractivity contribution in [1.29, 1.82) is 0 Å². The molecule has 1 aliphatic heterocycles. The summed E-state index contributed by atoms with van der Waals surface area (Å²) in [6.45, 7) is 0. The van der Waals surface area contributed by atoms with Crippen LogP contribution in [-0.2, 0) is 20.8 Å². The highest BCUT2D eigenvalue weighted by Crippen LogP contribution is 2.48. The SMILES string of the molecule is O=C1CC([S+]([O-])C2c3ccccc3-c3ccccc32)C(=O)N1. The molecule has 1 N–H and O–H groups in total. The van der Waals surface area contributed by atoms with Crippen LogP contribution >= 0.6 is 0 Å². The van der Waals surface area contributed by atoms with Crippen LogP contribution in [-0.4, -0.2) is 21.6 Å².